The summed E-state index contributed by atoms with van der Waals surface area (Å²) in [6.45, 7) is 4.76. The van der Waals surface area contributed by atoms with E-state index in [9.17, 15) is 4.79 Å². The van der Waals surface area contributed by atoms with Gasteiger partial charge in [-0.05, 0) is 50.6 Å². The molecule has 1 aliphatic carbocycles. The summed E-state index contributed by atoms with van der Waals surface area (Å²) in [5.41, 5.74) is 0. The Hall–Kier alpha value is -0.610. The number of nitrogens with one attached hydrogen (secondary N) is 1. The van der Waals surface area contributed by atoms with E-state index in [1.54, 1.807) is 7.11 Å². The van der Waals surface area contributed by atoms with Crippen LogP contribution in [0.15, 0.2) is 0 Å². The third-order valence-electron chi connectivity index (χ3n) is 5.05. The van der Waals surface area contributed by atoms with E-state index in [4.69, 9.17) is 4.74 Å². The Morgan fingerprint density at radius 1 is 1.26 bits per heavy atom. The van der Waals surface area contributed by atoms with Crippen molar-refractivity contribution < 1.29 is 9.53 Å². The molecule has 0 spiro atoms. The van der Waals surface area contributed by atoms with Gasteiger partial charge in [-0.1, -0.05) is 0 Å². The molecule has 4 nitrogen and oxygen atoms in total. The highest BCUT2D eigenvalue weighted by Crippen LogP contribution is 2.38. The lowest BCUT2D eigenvalue weighted by Crippen LogP contribution is -2.52. The first-order valence-electron chi connectivity index (χ1n) is 7.78. The lowest BCUT2D eigenvalue weighted by molar-refractivity contribution is -0.146. The fourth-order valence-electron chi connectivity index (χ4n) is 3.85. The van der Waals surface area contributed by atoms with Crippen LogP contribution < -0.4 is 5.32 Å². The zero-order valence-corrected chi connectivity index (χ0v) is 11.9. The molecule has 4 heteroatoms. The number of piperidine rings is 1. The highest BCUT2D eigenvalue weighted by Gasteiger charge is 2.43. The first kappa shape index (κ1) is 13.4. The third-order valence-corrected chi connectivity index (χ3v) is 5.05. The molecule has 2 saturated heterocycles. The first-order valence-corrected chi connectivity index (χ1v) is 7.78. The van der Waals surface area contributed by atoms with Crippen molar-refractivity contribution in [3.05, 3.63) is 0 Å². The van der Waals surface area contributed by atoms with Gasteiger partial charge in [0.05, 0.1) is 6.61 Å². The van der Waals surface area contributed by atoms with Crippen molar-refractivity contribution in [3.63, 3.8) is 0 Å². The molecule has 0 unspecified atom stereocenters. The summed E-state index contributed by atoms with van der Waals surface area (Å²) in [5.74, 6) is 2.51. The van der Waals surface area contributed by atoms with Crippen molar-refractivity contribution in [3.8, 4) is 0 Å². The Bertz CT molecular complexity index is 330. The predicted molar refractivity (Wildman–Crippen MR) is 73.8 cm³/mol. The van der Waals surface area contributed by atoms with Crippen molar-refractivity contribution in [2.45, 2.75) is 25.7 Å². The third kappa shape index (κ3) is 2.95. The number of ether oxygens (including phenoxy) is 1. The van der Waals surface area contributed by atoms with Gasteiger partial charge in [-0.3, -0.25) is 4.79 Å². The minimum Gasteiger partial charge on any atom is -0.384 e. The number of likely N-dealkylation sites (tertiary alicyclic amines) is 1. The molecule has 108 valence electrons. The molecule has 19 heavy (non-hydrogen) atoms. The maximum atomic E-state index is 12.7. The van der Waals surface area contributed by atoms with Crippen LogP contribution in [0.4, 0.5) is 0 Å². The number of hydrogen-bond acceptors (Lipinski definition) is 3. The zero-order valence-electron chi connectivity index (χ0n) is 11.9. The van der Waals surface area contributed by atoms with Gasteiger partial charge < -0.3 is 15.0 Å². The van der Waals surface area contributed by atoms with Gasteiger partial charge in [-0.25, -0.2) is 0 Å². The second-order valence-corrected chi connectivity index (χ2v) is 6.50. The SMILES string of the molecule is COC[C@@H]1CN(CC2CC2)C(=O)[C@H]2CCNCC[C@@H]12. The number of carbonyl (C=O) groups is 1. The molecule has 2 heterocycles. The normalized spacial score (nSPS) is 35.9. The lowest BCUT2D eigenvalue weighted by Gasteiger charge is -2.42. The molecule has 1 saturated carbocycles. The van der Waals surface area contributed by atoms with Crippen LogP contribution in [0, 0.1) is 23.7 Å². The number of methoxy groups -OCH3 is 1. The van der Waals surface area contributed by atoms with E-state index in [-0.39, 0.29) is 5.92 Å². The monoisotopic (exact) mass is 266 g/mol. The van der Waals surface area contributed by atoms with E-state index in [2.05, 4.69) is 10.2 Å². The van der Waals surface area contributed by atoms with Gasteiger partial charge in [0.2, 0.25) is 5.91 Å². The van der Waals surface area contributed by atoms with E-state index < -0.39 is 0 Å². The summed E-state index contributed by atoms with van der Waals surface area (Å²) in [5, 5.41) is 3.44. The highest BCUT2D eigenvalue weighted by molar-refractivity contribution is 5.80. The van der Waals surface area contributed by atoms with Crippen molar-refractivity contribution in [2.24, 2.45) is 23.7 Å². The minimum atomic E-state index is 0.239. The van der Waals surface area contributed by atoms with Crippen LogP contribution in [0.1, 0.15) is 25.7 Å². The molecule has 1 amide bonds. The van der Waals surface area contributed by atoms with Crippen LogP contribution in [0.3, 0.4) is 0 Å². The van der Waals surface area contributed by atoms with Gasteiger partial charge in [-0.2, -0.15) is 0 Å². The number of amides is 1. The second kappa shape index (κ2) is 5.80. The van der Waals surface area contributed by atoms with Crippen LogP contribution in [0.25, 0.3) is 0 Å². The molecule has 3 atom stereocenters. The Balaban J connectivity index is 1.73. The van der Waals surface area contributed by atoms with Crippen LogP contribution in [-0.4, -0.2) is 50.7 Å². The average Bonchev–Trinajstić information content (AvgIpc) is 3.21. The molecular formula is C15H26N2O2. The van der Waals surface area contributed by atoms with E-state index in [0.29, 0.717) is 17.7 Å². The smallest absolute Gasteiger partial charge is 0.226 e. The maximum absolute atomic E-state index is 12.7. The van der Waals surface area contributed by atoms with Gasteiger partial charge >= 0.3 is 0 Å². The molecule has 1 N–H and O–H groups in total. The van der Waals surface area contributed by atoms with Crippen molar-refractivity contribution >= 4 is 5.91 Å². The molecule has 3 fully saturated rings. The average molecular weight is 266 g/mol. The highest BCUT2D eigenvalue weighted by atomic mass is 16.5. The number of hydrogen-bond donors (Lipinski definition) is 1. The van der Waals surface area contributed by atoms with E-state index >= 15 is 0 Å². The Morgan fingerprint density at radius 2 is 2.05 bits per heavy atom. The molecular weight excluding hydrogens is 240 g/mol. The van der Waals surface area contributed by atoms with Crippen molar-refractivity contribution in [1.82, 2.24) is 10.2 Å². The number of fused-ring (bicyclic) bond motifs is 1. The Kier molecular flexibility index (Phi) is 4.08. The van der Waals surface area contributed by atoms with Crippen LogP contribution in [0.2, 0.25) is 0 Å². The minimum absolute atomic E-state index is 0.239. The molecule has 0 aromatic carbocycles. The van der Waals surface area contributed by atoms with Crippen LogP contribution in [0.5, 0.6) is 0 Å². The standard InChI is InChI=1S/C15H26N2O2/c1-19-10-12-9-17(8-11-2-3-11)15(18)14-5-7-16-6-4-13(12)14/h11-14,16H,2-10H2,1H3/t12-,13-,14-/m0/s1. The molecule has 3 aliphatic rings. The molecule has 3 rings (SSSR count). The fourth-order valence-corrected chi connectivity index (χ4v) is 3.85. The molecule has 0 radical (unpaired) electrons. The van der Waals surface area contributed by atoms with Gasteiger partial charge in [0.1, 0.15) is 0 Å². The zero-order chi connectivity index (χ0) is 13.2. The largest absolute Gasteiger partial charge is 0.384 e. The van der Waals surface area contributed by atoms with E-state index in [1.807, 2.05) is 0 Å². The van der Waals surface area contributed by atoms with Gasteiger partial charge in [-0.15, -0.1) is 0 Å². The number of nitrogens with zero attached hydrogens (tertiary/aromatic N) is 1. The Morgan fingerprint density at radius 3 is 2.79 bits per heavy atom. The van der Waals surface area contributed by atoms with Crippen molar-refractivity contribution in [1.29, 1.82) is 0 Å². The van der Waals surface area contributed by atoms with Gasteiger partial charge in [0.15, 0.2) is 0 Å². The van der Waals surface area contributed by atoms with Crippen LogP contribution in [-0.2, 0) is 9.53 Å². The molecule has 0 bridgehead atoms. The Labute approximate surface area is 115 Å². The summed E-state index contributed by atoms with van der Waals surface area (Å²) in [4.78, 5) is 14.8. The number of rotatable bonds is 4. The summed E-state index contributed by atoms with van der Waals surface area (Å²) in [7, 11) is 1.78. The van der Waals surface area contributed by atoms with E-state index in [1.165, 1.54) is 12.8 Å². The van der Waals surface area contributed by atoms with E-state index in [0.717, 1.165) is 51.5 Å². The van der Waals surface area contributed by atoms with Gasteiger partial charge in [0, 0.05) is 32.0 Å². The predicted octanol–water partition coefficient (Wildman–Crippen LogP) is 1.12. The topological polar surface area (TPSA) is 41.6 Å². The van der Waals surface area contributed by atoms with Crippen molar-refractivity contribution in [2.75, 3.05) is 39.9 Å². The summed E-state index contributed by atoms with van der Waals surface area (Å²) < 4.78 is 5.42. The summed E-state index contributed by atoms with van der Waals surface area (Å²) in [6, 6.07) is 0. The molecule has 2 aliphatic heterocycles. The summed E-state index contributed by atoms with van der Waals surface area (Å²) in [6.07, 6.45) is 4.76. The maximum Gasteiger partial charge on any atom is 0.226 e. The molecule has 0 aromatic rings. The molecule has 0 aromatic heterocycles. The fraction of sp³-hybridized carbons (Fsp3) is 0.933. The van der Waals surface area contributed by atoms with Crippen LogP contribution >= 0.6 is 0 Å². The quantitative estimate of drug-likeness (QED) is 0.829. The first-order chi connectivity index (χ1) is 9.29. The lowest BCUT2D eigenvalue weighted by atomic mass is 9.74. The number of carbonyl (C=O) groups excluding carboxylic acids is 1. The summed E-state index contributed by atoms with van der Waals surface area (Å²) >= 11 is 0. The second-order valence-electron chi connectivity index (χ2n) is 6.50. The van der Waals surface area contributed by atoms with Gasteiger partial charge in [0.25, 0.3) is 0 Å².